The number of quaternary nitrogens is 1. The number of aromatic nitrogens is 1. The summed E-state index contributed by atoms with van der Waals surface area (Å²) in [5.74, 6) is 6.42. The van der Waals surface area contributed by atoms with Crippen molar-refractivity contribution in [3.8, 4) is 28.7 Å². The van der Waals surface area contributed by atoms with Gasteiger partial charge in [-0.25, -0.2) is 9.78 Å². The smallest absolute Gasteiger partial charge is 0.410 e. The van der Waals surface area contributed by atoms with E-state index in [9.17, 15) is 9.59 Å². The van der Waals surface area contributed by atoms with Crippen molar-refractivity contribution in [3.05, 3.63) is 71.4 Å². The zero-order chi connectivity index (χ0) is 29.4. The van der Waals surface area contributed by atoms with Crippen molar-refractivity contribution in [2.75, 3.05) is 26.5 Å². The minimum atomic E-state index is -0.846. The van der Waals surface area contributed by atoms with E-state index in [2.05, 4.69) is 22.1 Å². The maximum atomic E-state index is 13.2. The van der Waals surface area contributed by atoms with Crippen LogP contribution in [0.4, 0.5) is 16.3 Å². The molecule has 1 aromatic heterocycles. The Morgan fingerprint density at radius 2 is 1.80 bits per heavy atom. The third-order valence-corrected chi connectivity index (χ3v) is 6.04. The van der Waals surface area contributed by atoms with Gasteiger partial charge in [-0.3, -0.25) is 9.69 Å². The summed E-state index contributed by atoms with van der Waals surface area (Å²) in [6.07, 6.45) is 0.680. The number of nitrogens with one attached hydrogen (secondary N) is 2. The van der Waals surface area contributed by atoms with Crippen molar-refractivity contribution in [1.29, 1.82) is 5.41 Å². The molecular weight excluding hydrogens is 506 g/mol. The van der Waals surface area contributed by atoms with E-state index in [1.54, 1.807) is 40.9 Å². The fraction of sp³-hybridized carbons (Fsp3) is 0.290. The fourth-order valence-electron chi connectivity index (χ4n) is 3.91. The van der Waals surface area contributed by atoms with Crippen molar-refractivity contribution in [2.24, 2.45) is 0 Å². The van der Waals surface area contributed by atoms with Gasteiger partial charge in [-0.05, 0) is 63.9 Å². The monoisotopic (exact) mass is 542 g/mol. The molecule has 4 N–H and O–H groups in total. The third-order valence-electron chi connectivity index (χ3n) is 6.04. The molecule has 9 nitrogen and oxygen atoms in total. The van der Waals surface area contributed by atoms with Crippen LogP contribution >= 0.6 is 0 Å². The average molecular weight is 543 g/mol. The van der Waals surface area contributed by atoms with Crippen molar-refractivity contribution < 1.29 is 24.4 Å². The standard InChI is InChI=1S/C31H35N5O4/c1-20(36(6)30(38)40-31(2,3)4)29(37)35-26-18-24(23-15-11-14-22(19-32)27(23)33-5)28(39-7)25(34-26)17-16-21-12-9-8-10-13-21/h8-15,18-20,32-33H,1-7H3,(H,34,35,37)/p+1. The predicted molar refractivity (Wildman–Crippen MR) is 156 cm³/mol. The van der Waals surface area contributed by atoms with Crippen LogP contribution in [-0.4, -0.2) is 60.9 Å². The molecule has 0 saturated heterocycles. The minimum Gasteiger partial charge on any atom is -0.493 e. The van der Waals surface area contributed by atoms with E-state index in [1.807, 2.05) is 60.9 Å². The fourth-order valence-corrected chi connectivity index (χ4v) is 3.91. The number of amides is 2. The van der Waals surface area contributed by atoms with Crippen LogP contribution in [0.2, 0.25) is 0 Å². The molecule has 3 aromatic rings. The van der Waals surface area contributed by atoms with E-state index < -0.39 is 23.6 Å². The predicted octanol–water partition coefficient (Wildman–Crippen LogP) is 4.17. The second kappa shape index (κ2) is 12.9. The molecule has 1 unspecified atom stereocenters. The number of rotatable bonds is 7. The van der Waals surface area contributed by atoms with Crippen LogP contribution in [0.5, 0.6) is 5.75 Å². The number of pyridine rings is 1. The van der Waals surface area contributed by atoms with Crippen LogP contribution in [0.15, 0.2) is 54.6 Å². The lowest BCUT2D eigenvalue weighted by Gasteiger charge is -2.28. The number of likely N-dealkylation sites (N-methyl/N-ethyl adjacent to an activating group) is 1. The van der Waals surface area contributed by atoms with Crippen LogP contribution in [-0.2, 0) is 9.53 Å². The number of anilines is 1. The van der Waals surface area contributed by atoms with Crippen molar-refractivity contribution in [2.45, 2.75) is 39.3 Å². The zero-order valence-electron chi connectivity index (χ0n) is 24.0. The Morgan fingerprint density at radius 1 is 1.10 bits per heavy atom. The number of para-hydroxylation sites is 1. The molecule has 0 aliphatic rings. The van der Waals surface area contributed by atoms with Gasteiger partial charge in [-0.15, -0.1) is 0 Å². The summed E-state index contributed by atoms with van der Waals surface area (Å²) in [6, 6.07) is 16.0. The number of carbonyl (C=O) groups excluding carboxylic acids is 2. The topological polar surface area (TPSA) is 121 Å². The quantitative estimate of drug-likeness (QED) is 0.235. The first kappa shape index (κ1) is 29.9. The SMILES string of the molecule is C[NH2+]c1c(C=N)cccc1-c1cc(NC(=O)C(C)N(C)C(=O)OC(C)(C)C)nc(C#Cc2ccccc2)c1OC. The van der Waals surface area contributed by atoms with Gasteiger partial charge in [0.1, 0.15) is 23.1 Å². The molecule has 1 heterocycles. The number of methoxy groups -OCH3 is 1. The molecule has 0 spiro atoms. The van der Waals surface area contributed by atoms with Crippen LogP contribution in [0.1, 0.15) is 44.5 Å². The highest BCUT2D eigenvalue weighted by Gasteiger charge is 2.28. The summed E-state index contributed by atoms with van der Waals surface area (Å²) in [4.78, 5) is 31.6. The summed E-state index contributed by atoms with van der Waals surface area (Å²) >= 11 is 0. The molecule has 208 valence electrons. The van der Waals surface area contributed by atoms with E-state index in [4.69, 9.17) is 14.9 Å². The Balaban J connectivity index is 2.11. The molecular formula is C31H36N5O4+. The van der Waals surface area contributed by atoms with Crippen molar-refractivity contribution >= 4 is 29.7 Å². The highest BCUT2D eigenvalue weighted by Crippen LogP contribution is 2.38. The molecule has 0 bridgehead atoms. The molecule has 1 atom stereocenters. The molecule has 40 heavy (non-hydrogen) atoms. The number of nitrogens with zero attached hydrogens (tertiary/aromatic N) is 2. The Bertz CT molecular complexity index is 1450. The van der Waals surface area contributed by atoms with Gasteiger partial charge < -0.3 is 25.5 Å². The van der Waals surface area contributed by atoms with Crippen LogP contribution in [0.25, 0.3) is 11.1 Å². The number of carbonyl (C=O) groups is 2. The van der Waals surface area contributed by atoms with Gasteiger partial charge in [0.15, 0.2) is 11.4 Å². The Morgan fingerprint density at radius 3 is 2.40 bits per heavy atom. The Hall–Kier alpha value is -4.68. The zero-order valence-corrected chi connectivity index (χ0v) is 24.0. The number of nitrogens with two attached hydrogens (primary N) is 1. The molecule has 0 radical (unpaired) electrons. The number of hydrogen-bond acceptors (Lipinski definition) is 6. The normalized spacial score (nSPS) is 11.5. The molecule has 2 aromatic carbocycles. The van der Waals surface area contributed by atoms with Gasteiger partial charge in [0.25, 0.3) is 0 Å². The first-order valence-corrected chi connectivity index (χ1v) is 12.8. The third kappa shape index (κ3) is 7.24. The maximum Gasteiger partial charge on any atom is 0.410 e. The number of benzene rings is 2. The van der Waals surface area contributed by atoms with E-state index in [0.29, 0.717) is 17.0 Å². The lowest BCUT2D eigenvalue weighted by atomic mass is 9.99. The van der Waals surface area contributed by atoms with E-state index in [0.717, 1.165) is 22.4 Å². The van der Waals surface area contributed by atoms with Crippen molar-refractivity contribution in [3.63, 3.8) is 0 Å². The molecule has 2 amide bonds. The van der Waals surface area contributed by atoms with Gasteiger partial charge in [0, 0.05) is 30.0 Å². The van der Waals surface area contributed by atoms with Gasteiger partial charge in [-0.1, -0.05) is 30.2 Å². The Kier molecular flexibility index (Phi) is 9.64. The summed E-state index contributed by atoms with van der Waals surface area (Å²) in [5, 5.41) is 12.6. The van der Waals surface area contributed by atoms with E-state index >= 15 is 0 Å². The van der Waals surface area contributed by atoms with Gasteiger partial charge in [0.05, 0.1) is 19.7 Å². The second-order valence-electron chi connectivity index (χ2n) is 10.1. The van der Waals surface area contributed by atoms with E-state index in [1.165, 1.54) is 18.2 Å². The lowest BCUT2D eigenvalue weighted by Crippen LogP contribution is -2.73. The van der Waals surface area contributed by atoms with Gasteiger partial charge in [-0.2, -0.15) is 0 Å². The molecule has 0 saturated carbocycles. The highest BCUT2D eigenvalue weighted by atomic mass is 16.6. The van der Waals surface area contributed by atoms with Gasteiger partial charge >= 0.3 is 6.09 Å². The number of hydrogen-bond donors (Lipinski definition) is 3. The minimum absolute atomic E-state index is 0.241. The van der Waals surface area contributed by atoms with Gasteiger partial charge in [0.2, 0.25) is 5.91 Å². The second-order valence-corrected chi connectivity index (χ2v) is 10.1. The van der Waals surface area contributed by atoms with E-state index in [-0.39, 0.29) is 5.82 Å². The summed E-state index contributed by atoms with van der Waals surface area (Å²) in [7, 11) is 4.95. The first-order chi connectivity index (χ1) is 19.0. The lowest BCUT2D eigenvalue weighted by molar-refractivity contribution is -0.538. The molecule has 0 aliphatic carbocycles. The maximum absolute atomic E-state index is 13.2. The van der Waals surface area contributed by atoms with Crippen LogP contribution < -0.4 is 15.4 Å². The molecule has 9 heteroatoms. The summed E-state index contributed by atoms with van der Waals surface area (Å²) in [6.45, 7) is 6.90. The van der Waals surface area contributed by atoms with Crippen LogP contribution in [0, 0.1) is 17.3 Å². The molecule has 0 aliphatic heterocycles. The van der Waals surface area contributed by atoms with Crippen LogP contribution in [0.3, 0.4) is 0 Å². The Labute approximate surface area is 235 Å². The summed E-state index contributed by atoms with van der Waals surface area (Å²) < 4.78 is 11.2. The number of ether oxygens (including phenoxy) is 2. The largest absolute Gasteiger partial charge is 0.493 e. The van der Waals surface area contributed by atoms with Crippen molar-refractivity contribution in [1.82, 2.24) is 9.88 Å². The first-order valence-electron chi connectivity index (χ1n) is 12.8. The molecule has 3 rings (SSSR count). The molecule has 0 fully saturated rings. The average Bonchev–Trinajstić information content (AvgIpc) is 2.93. The highest BCUT2D eigenvalue weighted by molar-refractivity contribution is 5.97. The summed E-state index contributed by atoms with van der Waals surface area (Å²) in [5.41, 5.74) is 3.43.